The van der Waals surface area contributed by atoms with Crippen LogP contribution in [0.2, 0.25) is 0 Å². The Morgan fingerprint density at radius 1 is 1.29 bits per heavy atom. The van der Waals surface area contributed by atoms with Crippen molar-refractivity contribution in [1.29, 1.82) is 0 Å². The molecule has 1 heterocycles. The Morgan fingerprint density at radius 3 is 2.95 bits per heavy atom. The molecule has 3 rings (SSSR count). The van der Waals surface area contributed by atoms with Gasteiger partial charge >= 0.3 is 0 Å². The molecule has 0 radical (unpaired) electrons. The fourth-order valence-corrected chi connectivity index (χ4v) is 2.91. The maximum atomic E-state index is 12.4. The Morgan fingerprint density at radius 2 is 2.10 bits per heavy atom. The molecule has 21 heavy (non-hydrogen) atoms. The molecule has 1 amide bonds. The van der Waals surface area contributed by atoms with Gasteiger partial charge in [0, 0.05) is 15.6 Å². The third kappa shape index (κ3) is 2.97. The molecule has 2 aromatic rings. The van der Waals surface area contributed by atoms with Gasteiger partial charge < -0.3 is 15.2 Å². The number of carbonyl (C=O) groups excluding carboxylic acids is 1. The molecular formula is C16H14INO3. The van der Waals surface area contributed by atoms with Crippen molar-refractivity contribution in [3.05, 3.63) is 57.2 Å². The van der Waals surface area contributed by atoms with E-state index >= 15 is 0 Å². The standard InChI is InChI=1S/C16H14INO3/c17-10-5-6-14(19)12(9-10)16(20)18-13-7-8-21-15-4-2-1-3-11(13)15/h1-6,9,13,19H,7-8H2,(H,18,20). The Labute approximate surface area is 136 Å². The summed E-state index contributed by atoms with van der Waals surface area (Å²) in [5.41, 5.74) is 1.27. The van der Waals surface area contributed by atoms with E-state index in [9.17, 15) is 9.90 Å². The van der Waals surface area contributed by atoms with Crippen LogP contribution in [0, 0.1) is 3.57 Å². The number of fused-ring (bicyclic) bond motifs is 1. The van der Waals surface area contributed by atoms with Gasteiger partial charge in [-0.15, -0.1) is 0 Å². The van der Waals surface area contributed by atoms with Crippen LogP contribution >= 0.6 is 22.6 Å². The molecule has 0 saturated heterocycles. The highest BCUT2D eigenvalue weighted by atomic mass is 127. The summed E-state index contributed by atoms with van der Waals surface area (Å²) >= 11 is 2.12. The molecule has 0 saturated carbocycles. The highest BCUT2D eigenvalue weighted by Gasteiger charge is 2.24. The Kier molecular flexibility index (Phi) is 4.01. The number of aromatic hydroxyl groups is 1. The second kappa shape index (κ2) is 5.93. The van der Waals surface area contributed by atoms with Gasteiger partial charge in [0.15, 0.2) is 0 Å². The maximum absolute atomic E-state index is 12.4. The minimum atomic E-state index is -0.271. The number of nitrogens with one attached hydrogen (secondary N) is 1. The molecule has 0 fully saturated rings. The first-order valence-electron chi connectivity index (χ1n) is 6.66. The van der Waals surface area contributed by atoms with Gasteiger partial charge in [-0.25, -0.2) is 0 Å². The second-order valence-electron chi connectivity index (χ2n) is 4.86. The van der Waals surface area contributed by atoms with Crippen LogP contribution in [0.4, 0.5) is 0 Å². The first kappa shape index (κ1) is 14.2. The number of ether oxygens (including phenoxy) is 1. The molecule has 1 aliphatic heterocycles. The molecule has 4 nitrogen and oxygen atoms in total. The van der Waals surface area contributed by atoms with E-state index < -0.39 is 0 Å². The van der Waals surface area contributed by atoms with Crippen molar-refractivity contribution >= 4 is 28.5 Å². The van der Waals surface area contributed by atoms with Crippen molar-refractivity contribution in [2.24, 2.45) is 0 Å². The van der Waals surface area contributed by atoms with E-state index in [0.29, 0.717) is 18.6 Å². The van der Waals surface area contributed by atoms with Gasteiger partial charge in [0.25, 0.3) is 5.91 Å². The van der Waals surface area contributed by atoms with E-state index in [2.05, 4.69) is 27.9 Å². The maximum Gasteiger partial charge on any atom is 0.255 e. The number of para-hydroxylation sites is 1. The van der Waals surface area contributed by atoms with Gasteiger partial charge in [0.1, 0.15) is 11.5 Å². The highest BCUT2D eigenvalue weighted by molar-refractivity contribution is 14.1. The molecule has 2 N–H and O–H groups in total. The van der Waals surface area contributed by atoms with Gasteiger partial charge in [0.2, 0.25) is 0 Å². The molecule has 2 aromatic carbocycles. The van der Waals surface area contributed by atoms with Crippen LogP contribution in [0.3, 0.4) is 0 Å². The van der Waals surface area contributed by atoms with Crippen LogP contribution in [0.15, 0.2) is 42.5 Å². The zero-order valence-electron chi connectivity index (χ0n) is 11.2. The Balaban J connectivity index is 1.84. The van der Waals surface area contributed by atoms with Crippen LogP contribution in [0.5, 0.6) is 11.5 Å². The minimum Gasteiger partial charge on any atom is -0.507 e. The summed E-state index contributed by atoms with van der Waals surface area (Å²) < 4.78 is 6.49. The van der Waals surface area contributed by atoms with Crippen LogP contribution in [-0.2, 0) is 0 Å². The quantitative estimate of drug-likeness (QED) is 0.768. The lowest BCUT2D eigenvalue weighted by Crippen LogP contribution is -2.32. The summed E-state index contributed by atoms with van der Waals surface area (Å²) in [5, 5.41) is 12.8. The molecule has 1 aliphatic rings. The molecular weight excluding hydrogens is 381 g/mol. The lowest BCUT2D eigenvalue weighted by molar-refractivity contribution is 0.0922. The number of rotatable bonds is 2. The van der Waals surface area contributed by atoms with Gasteiger partial charge in [-0.2, -0.15) is 0 Å². The van der Waals surface area contributed by atoms with E-state index in [1.54, 1.807) is 12.1 Å². The average Bonchev–Trinajstić information content (AvgIpc) is 2.50. The largest absolute Gasteiger partial charge is 0.507 e. The van der Waals surface area contributed by atoms with Gasteiger partial charge in [0.05, 0.1) is 18.2 Å². The number of phenols is 1. The summed E-state index contributed by atoms with van der Waals surface area (Å²) in [6.45, 7) is 0.570. The molecule has 0 spiro atoms. The lowest BCUT2D eigenvalue weighted by atomic mass is 10.00. The van der Waals surface area contributed by atoms with E-state index in [-0.39, 0.29) is 17.7 Å². The molecule has 5 heteroatoms. The predicted molar refractivity (Wildman–Crippen MR) is 87.6 cm³/mol. The molecule has 0 bridgehead atoms. The van der Waals surface area contributed by atoms with Crippen molar-refractivity contribution in [2.45, 2.75) is 12.5 Å². The van der Waals surface area contributed by atoms with E-state index in [1.807, 2.05) is 24.3 Å². The molecule has 0 aromatic heterocycles. The van der Waals surface area contributed by atoms with Gasteiger partial charge in [-0.1, -0.05) is 18.2 Å². The number of phenolic OH excluding ortho intramolecular Hbond substituents is 1. The topological polar surface area (TPSA) is 58.6 Å². The third-order valence-corrected chi connectivity index (χ3v) is 4.14. The fourth-order valence-electron chi connectivity index (χ4n) is 2.42. The first-order chi connectivity index (χ1) is 10.1. The summed E-state index contributed by atoms with van der Waals surface area (Å²) in [7, 11) is 0. The summed E-state index contributed by atoms with van der Waals surface area (Å²) in [6, 6.07) is 12.6. The second-order valence-corrected chi connectivity index (χ2v) is 6.11. The normalized spacial score (nSPS) is 16.7. The molecule has 0 aliphatic carbocycles. The smallest absolute Gasteiger partial charge is 0.255 e. The highest BCUT2D eigenvalue weighted by Crippen LogP contribution is 2.32. The van der Waals surface area contributed by atoms with Crippen molar-refractivity contribution in [2.75, 3.05) is 6.61 Å². The van der Waals surface area contributed by atoms with Gasteiger partial charge in [-0.05, 0) is 46.9 Å². The average molecular weight is 395 g/mol. The Bertz CT molecular complexity index is 687. The number of amides is 1. The summed E-state index contributed by atoms with van der Waals surface area (Å²) in [5.74, 6) is 0.530. The lowest BCUT2D eigenvalue weighted by Gasteiger charge is -2.26. The van der Waals surface area contributed by atoms with E-state index in [0.717, 1.165) is 14.9 Å². The zero-order valence-corrected chi connectivity index (χ0v) is 13.3. The molecule has 1 unspecified atom stereocenters. The van der Waals surface area contributed by atoms with Crippen molar-refractivity contribution in [1.82, 2.24) is 5.32 Å². The number of hydrogen-bond donors (Lipinski definition) is 2. The number of carbonyl (C=O) groups is 1. The van der Waals surface area contributed by atoms with Crippen LogP contribution in [0.1, 0.15) is 28.4 Å². The molecule has 1 atom stereocenters. The van der Waals surface area contributed by atoms with E-state index in [4.69, 9.17) is 4.74 Å². The minimum absolute atomic E-state index is 0.00624. The predicted octanol–water partition coefficient (Wildman–Crippen LogP) is 3.25. The fraction of sp³-hybridized carbons (Fsp3) is 0.188. The Hall–Kier alpha value is -1.76. The SMILES string of the molecule is O=C(NC1CCOc2ccccc21)c1cc(I)ccc1O. The summed E-state index contributed by atoms with van der Waals surface area (Å²) in [6.07, 6.45) is 0.716. The van der Waals surface area contributed by atoms with Crippen LogP contribution in [0.25, 0.3) is 0 Å². The zero-order chi connectivity index (χ0) is 14.8. The number of hydrogen-bond acceptors (Lipinski definition) is 3. The first-order valence-corrected chi connectivity index (χ1v) is 7.74. The monoisotopic (exact) mass is 395 g/mol. The number of benzene rings is 2. The van der Waals surface area contributed by atoms with Crippen molar-refractivity contribution < 1.29 is 14.6 Å². The summed E-state index contributed by atoms with van der Waals surface area (Å²) in [4.78, 5) is 12.4. The van der Waals surface area contributed by atoms with Gasteiger partial charge in [-0.3, -0.25) is 4.79 Å². The van der Waals surface area contributed by atoms with Crippen LogP contribution in [-0.4, -0.2) is 17.6 Å². The van der Waals surface area contributed by atoms with Crippen molar-refractivity contribution in [3.63, 3.8) is 0 Å². The van der Waals surface area contributed by atoms with Crippen LogP contribution < -0.4 is 10.1 Å². The number of halogens is 1. The third-order valence-electron chi connectivity index (χ3n) is 3.47. The van der Waals surface area contributed by atoms with Crippen molar-refractivity contribution in [3.8, 4) is 11.5 Å². The molecule has 108 valence electrons. The van der Waals surface area contributed by atoms with E-state index in [1.165, 1.54) is 6.07 Å².